The number of anilines is 1. The van der Waals surface area contributed by atoms with E-state index < -0.39 is 5.92 Å². The molecule has 126 valence electrons. The van der Waals surface area contributed by atoms with Crippen LogP contribution in [0.2, 0.25) is 5.02 Å². The Bertz CT molecular complexity index is 776. The summed E-state index contributed by atoms with van der Waals surface area (Å²) in [5, 5.41) is 9.77. The van der Waals surface area contributed by atoms with Gasteiger partial charge in [0.1, 0.15) is 18.6 Å². The van der Waals surface area contributed by atoms with Crippen molar-refractivity contribution in [2.75, 3.05) is 19.0 Å². The molecular weight excluding hydrogens is 334 g/mol. The smallest absolute Gasteiger partial charge is 0.248 e. The minimum atomic E-state index is -0.390. The van der Waals surface area contributed by atoms with E-state index in [-0.39, 0.29) is 24.3 Å². The first-order valence-electron chi connectivity index (χ1n) is 7.40. The van der Waals surface area contributed by atoms with Crippen LogP contribution >= 0.6 is 11.6 Å². The topological polar surface area (TPSA) is 98.1 Å². The molecule has 24 heavy (non-hydrogen) atoms. The summed E-state index contributed by atoms with van der Waals surface area (Å²) in [5.41, 5.74) is 0.746. The zero-order valence-corrected chi connectivity index (χ0v) is 13.7. The fourth-order valence-electron chi connectivity index (χ4n) is 2.49. The van der Waals surface area contributed by atoms with Gasteiger partial charge in [0, 0.05) is 17.6 Å². The van der Waals surface area contributed by atoms with Gasteiger partial charge in [-0.3, -0.25) is 14.9 Å². The van der Waals surface area contributed by atoms with E-state index in [1.807, 2.05) is 0 Å². The summed E-state index contributed by atoms with van der Waals surface area (Å²) in [6, 6.07) is 5.22. The van der Waals surface area contributed by atoms with E-state index in [4.69, 9.17) is 16.3 Å². The summed E-state index contributed by atoms with van der Waals surface area (Å²) in [5.74, 6) is -0.0218. The Balaban J connectivity index is 1.72. The van der Waals surface area contributed by atoms with Gasteiger partial charge in [-0.2, -0.15) is 0 Å². The minimum Gasteiger partial charge on any atom is -0.493 e. The molecule has 0 unspecified atom stereocenters. The van der Waals surface area contributed by atoms with Gasteiger partial charge in [0.05, 0.1) is 12.5 Å². The predicted octanol–water partition coefficient (Wildman–Crippen LogP) is 1.18. The highest BCUT2D eigenvalue weighted by Crippen LogP contribution is 2.36. The molecule has 0 saturated heterocycles. The van der Waals surface area contributed by atoms with Crippen LogP contribution in [0.4, 0.5) is 5.95 Å². The maximum absolute atomic E-state index is 12.6. The maximum Gasteiger partial charge on any atom is 0.248 e. The number of carbonyl (C=O) groups excluding carboxylic acids is 2. The van der Waals surface area contributed by atoms with Crippen molar-refractivity contribution >= 4 is 29.4 Å². The second-order valence-electron chi connectivity index (χ2n) is 5.30. The van der Waals surface area contributed by atoms with E-state index in [2.05, 4.69) is 20.7 Å². The minimum absolute atomic E-state index is 0.0368. The van der Waals surface area contributed by atoms with Gasteiger partial charge in [-0.05, 0) is 24.6 Å². The lowest BCUT2D eigenvalue weighted by atomic mass is 9.92. The molecule has 1 aliphatic heterocycles. The van der Waals surface area contributed by atoms with Crippen LogP contribution in [0.1, 0.15) is 17.9 Å². The third kappa shape index (κ3) is 3.48. The number of carbonyl (C=O) groups is 2. The number of aromatic nitrogens is 3. The number of benzene rings is 1. The molecule has 1 atom stereocenters. The number of ether oxygens (including phenoxy) is 1. The maximum atomic E-state index is 12.6. The van der Waals surface area contributed by atoms with Gasteiger partial charge < -0.3 is 10.1 Å². The number of nitrogens with one attached hydrogen (secondary N) is 2. The number of hydrogen-bond acceptors (Lipinski definition) is 5. The molecule has 0 saturated carbocycles. The van der Waals surface area contributed by atoms with Gasteiger partial charge in [0.2, 0.25) is 17.8 Å². The lowest BCUT2D eigenvalue weighted by Crippen LogP contribution is -2.27. The molecule has 0 spiro atoms. The Labute approximate surface area is 143 Å². The molecule has 0 aliphatic carbocycles. The van der Waals surface area contributed by atoms with Crippen molar-refractivity contribution in [3.8, 4) is 5.75 Å². The molecular formula is C15H16ClN5O3. The molecule has 1 aliphatic rings. The number of likely N-dealkylation sites (N-methyl/N-ethyl adjacent to an activating group) is 1. The molecule has 2 N–H and O–H groups in total. The van der Waals surface area contributed by atoms with Crippen molar-refractivity contribution in [3.05, 3.63) is 35.1 Å². The third-order valence-electron chi connectivity index (χ3n) is 3.68. The van der Waals surface area contributed by atoms with Crippen LogP contribution in [0.25, 0.3) is 0 Å². The lowest BCUT2D eigenvalue weighted by Gasteiger charge is -2.24. The Morgan fingerprint density at radius 1 is 1.46 bits per heavy atom. The SMILES string of the molecule is CNC(=O)Cn1cnc(NC(=O)[C@@H]2CCOc3ccc(Cl)cc32)n1. The summed E-state index contributed by atoms with van der Waals surface area (Å²) in [6.07, 6.45) is 1.93. The van der Waals surface area contributed by atoms with E-state index in [0.29, 0.717) is 23.8 Å². The number of nitrogens with zero attached hydrogens (tertiary/aromatic N) is 3. The van der Waals surface area contributed by atoms with Crippen LogP contribution in [0.15, 0.2) is 24.5 Å². The molecule has 1 aromatic carbocycles. The highest BCUT2D eigenvalue weighted by Gasteiger charge is 2.28. The van der Waals surface area contributed by atoms with E-state index in [9.17, 15) is 9.59 Å². The zero-order chi connectivity index (χ0) is 17.1. The van der Waals surface area contributed by atoms with Crippen LogP contribution in [0, 0.1) is 0 Å². The number of rotatable bonds is 4. The fourth-order valence-corrected chi connectivity index (χ4v) is 2.67. The van der Waals surface area contributed by atoms with Gasteiger partial charge in [-0.25, -0.2) is 9.67 Å². The molecule has 2 amide bonds. The largest absolute Gasteiger partial charge is 0.493 e. The molecule has 0 radical (unpaired) electrons. The van der Waals surface area contributed by atoms with Crippen molar-refractivity contribution in [1.29, 1.82) is 0 Å². The van der Waals surface area contributed by atoms with Crippen LogP contribution in [0.5, 0.6) is 5.75 Å². The van der Waals surface area contributed by atoms with Crippen molar-refractivity contribution < 1.29 is 14.3 Å². The number of halogens is 1. The fraction of sp³-hybridized carbons (Fsp3) is 0.333. The van der Waals surface area contributed by atoms with Gasteiger partial charge in [0.15, 0.2) is 0 Å². The molecule has 3 rings (SSSR count). The summed E-state index contributed by atoms with van der Waals surface area (Å²) in [4.78, 5) is 27.9. The predicted molar refractivity (Wildman–Crippen MR) is 87.0 cm³/mol. The van der Waals surface area contributed by atoms with Gasteiger partial charge in [0.25, 0.3) is 0 Å². The number of amides is 2. The van der Waals surface area contributed by atoms with Crippen molar-refractivity contribution in [1.82, 2.24) is 20.1 Å². The van der Waals surface area contributed by atoms with Crippen molar-refractivity contribution in [2.24, 2.45) is 0 Å². The van der Waals surface area contributed by atoms with E-state index in [0.717, 1.165) is 5.56 Å². The summed E-state index contributed by atoms with van der Waals surface area (Å²) < 4.78 is 6.90. The Morgan fingerprint density at radius 2 is 2.29 bits per heavy atom. The molecule has 1 aromatic heterocycles. The second-order valence-corrected chi connectivity index (χ2v) is 5.74. The Morgan fingerprint density at radius 3 is 3.08 bits per heavy atom. The highest BCUT2D eigenvalue weighted by atomic mass is 35.5. The van der Waals surface area contributed by atoms with Gasteiger partial charge in [-0.1, -0.05) is 11.6 Å². The monoisotopic (exact) mass is 349 g/mol. The molecule has 2 heterocycles. The van der Waals surface area contributed by atoms with Gasteiger partial charge >= 0.3 is 0 Å². The van der Waals surface area contributed by atoms with E-state index in [1.165, 1.54) is 18.1 Å². The summed E-state index contributed by atoms with van der Waals surface area (Å²) in [7, 11) is 1.54. The highest BCUT2D eigenvalue weighted by molar-refractivity contribution is 6.30. The first-order valence-corrected chi connectivity index (χ1v) is 7.78. The molecule has 8 nitrogen and oxygen atoms in total. The molecule has 9 heteroatoms. The Hall–Kier alpha value is -2.61. The normalized spacial score (nSPS) is 16.0. The summed E-state index contributed by atoms with van der Waals surface area (Å²) >= 11 is 6.02. The summed E-state index contributed by atoms with van der Waals surface area (Å²) in [6.45, 7) is 0.486. The second kappa shape index (κ2) is 6.88. The van der Waals surface area contributed by atoms with Crippen LogP contribution in [-0.2, 0) is 16.1 Å². The number of fused-ring (bicyclic) bond motifs is 1. The van der Waals surface area contributed by atoms with Crippen molar-refractivity contribution in [2.45, 2.75) is 18.9 Å². The molecule has 2 aromatic rings. The zero-order valence-electron chi connectivity index (χ0n) is 13.0. The van der Waals surface area contributed by atoms with Crippen LogP contribution < -0.4 is 15.4 Å². The first kappa shape index (κ1) is 16.3. The van der Waals surface area contributed by atoms with E-state index in [1.54, 1.807) is 18.2 Å². The average Bonchev–Trinajstić information content (AvgIpc) is 3.00. The van der Waals surface area contributed by atoms with Crippen LogP contribution in [-0.4, -0.2) is 40.2 Å². The molecule has 0 fully saturated rings. The van der Waals surface area contributed by atoms with Crippen LogP contribution in [0.3, 0.4) is 0 Å². The quantitative estimate of drug-likeness (QED) is 0.863. The van der Waals surface area contributed by atoms with E-state index >= 15 is 0 Å². The lowest BCUT2D eigenvalue weighted by molar-refractivity contribution is -0.121. The standard InChI is InChI=1S/C15H16ClN5O3/c1-17-13(22)7-21-8-18-15(20-21)19-14(23)10-4-5-24-12-3-2-9(16)6-11(10)12/h2-3,6,8,10H,4-5,7H2,1H3,(H,17,22)(H,19,20,23)/t10-/m1/s1. The Kier molecular flexibility index (Phi) is 4.66. The first-order chi connectivity index (χ1) is 11.6. The van der Waals surface area contributed by atoms with Gasteiger partial charge in [-0.15, -0.1) is 5.10 Å². The number of hydrogen-bond donors (Lipinski definition) is 2. The van der Waals surface area contributed by atoms with Crippen molar-refractivity contribution in [3.63, 3.8) is 0 Å². The third-order valence-corrected chi connectivity index (χ3v) is 3.92. The molecule has 0 bridgehead atoms. The average molecular weight is 350 g/mol.